The Morgan fingerprint density at radius 3 is 2.36 bits per heavy atom. The van der Waals surface area contributed by atoms with E-state index >= 15 is 0 Å². The van der Waals surface area contributed by atoms with Gasteiger partial charge in [0.1, 0.15) is 0 Å². The highest BCUT2D eigenvalue weighted by Gasteiger charge is 1.99. The second-order valence-electron chi connectivity index (χ2n) is 2.94. The van der Waals surface area contributed by atoms with Gasteiger partial charge in [0.05, 0.1) is 6.04 Å². The first kappa shape index (κ1) is 8.57. The van der Waals surface area contributed by atoms with Crippen molar-refractivity contribution in [3.8, 4) is 0 Å². The van der Waals surface area contributed by atoms with Gasteiger partial charge in [-0.15, -0.1) is 0 Å². The van der Waals surface area contributed by atoms with E-state index in [1.807, 2.05) is 24.3 Å². The number of hydrogen-bond acceptors (Lipinski definition) is 0. The SMILES string of the molecule is CC([NH3+])Cc1ccc(Cl)cc1. The minimum absolute atomic E-state index is 0.469. The van der Waals surface area contributed by atoms with Crippen molar-refractivity contribution in [2.45, 2.75) is 19.4 Å². The van der Waals surface area contributed by atoms with Crippen LogP contribution in [0.5, 0.6) is 0 Å². The predicted octanol–water partition coefficient (Wildman–Crippen LogP) is 1.51. The molecule has 0 spiro atoms. The van der Waals surface area contributed by atoms with Crippen LogP contribution in [0, 0.1) is 0 Å². The average Bonchev–Trinajstić information content (AvgIpc) is 1.93. The standard InChI is InChI=1S/C9H12ClN/c1-7(11)6-8-2-4-9(10)5-3-8/h2-5,7H,6,11H2,1H3/p+1. The van der Waals surface area contributed by atoms with Crippen LogP contribution in [0.1, 0.15) is 12.5 Å². The van der Waals surface area contributed by atoms with Gasteiger partial charge in [-0.2, -0.15) is 0 Å². The van der Waals surface area contributed by atoms with E-state index in [0.717, 1.165) is 11.4 Å². The molecule has 1 nitrogen and oxygen atoms in total. The molecule has 0 saturated heterocycles. The van der Waals surface area contributed by atoms with Crippen LogP contribution in [0.3, 0.4) is 0 Å². The summed E-state index contributed by atoms with van der Waals surface area (Å²) < 4.78 is 0. The Kier molecular flexibility index (Phi) is 2.92. The zero-order valence-electron chi connectivity index (χ0n) is 6.68. The average molecular weight is 171 g/mol. The lowest BCUT2D eigenvalue weighted by atomic mass is 10.1. The van der Waals surface area contributed by atoms with Gasteiger partial charge in [-0.05, 0) is 24.6 Å². The molecule has 0 fully saturated rings. The summed E-state index contributed by atoms with van der Waals surface area (Å²) in [5.41, 5.74) is 5.23. The monoisotopic (exact) mass is 170 g/mol. The molecule has 1 aromatic carbocycles. The topological polar surface area (TPSA) is 27.6 Å². The van der Waals surface area contributed by atoms with Gasteiger partial charge in [0.25, 0.3) is 0 Å². The molecule has 0 radical (unpaired) electrons. The molecule has 0 amide bonds. The van der Waals surface area contributed by atoms with Gasteiger partial charge in [0.2, 0.25) is 0 Å². The molecular formula is C9H13ClN+. The third-order valence-electron chi connectivity index (χ3n) is 1.50. The van der Waals surface area contributed by atoms with Gasteiger partial charge >= 0.3 is 0 Å². The van der Waals surface area contributed by atoms with Gasteiger partial charge in [-0.1, -0.05) is 23.7 Å². The zero-order valence-corrected chi connectivity index (χ0v) is 7.43. The molecule has 1 atom stereocenters. The van der Waals surface area contributed by atoms with E-state index in [9.17, 15) is 0 Å². The lowest BCUT2D eigenvalue weighted by molar-refractivity contribution is -0.413. The van der Waals surface area contributed by atoms with Crippen molar-refractivity contribution in [1.29, 1.82) is 0 Å². The number of benzene rings is 1. The number of quaternary nitrogens is 1. The van der Waals surface area contributed by atoms with E-state index in [4.69, 9.17) is 11.6 Å². The molecule has 1 rings (SSSR count). The number of rotatable bonds is 2. The maximum atomic E-state index is 5.73. The predicted molar refractivity (Wildman–Crippen MR) is 47.5 cm³/mol. The van der Waals surface area contributed by atoms with Crippen molar-refractivity contribution < 1.29 is 5.73 Å². The molecule has 0 saturated carbocycles. The van der Waals surface area contributed by atoms with Crippen LogP contribution in [-0.4, -0.2) is 6.04 Å². The van der Waals surface area contributed by atoms with Crippen molar-refractivity contribution >= 4 is 11.6 Å². The second kappa shape index (κ2) is 3.74. The van der Waals surface area contributed by atoms with E-state index in [2.05, 4.69) is 12.7 Å². The molecule has 1 unspecified atom stereocenters. The van der Waals surface area contributed by atoms with Gasteiger partial charge in [-0.3, -0.25) is 0 Å². The first-order valence-electron chi connectivity index (χ1n) is 3.76. The van der Waals surface area contributed by atoms with Crippen molar-refractivity contribution in [1.82, 2.24) is 0 Å². The van der Waals surface area contributed by atoms with Crippen molar-refractivity contribution in [3.05, 3.63) is 34.9 Å². The van der Waals surface area contributed by atoms with Gasteiger partial charge < -0.3 is 5.73 Å². The molecular weight excluding hydrogens is 158 g/mol. The van der Waals surface area contributed by atoms with Crippen molar-refractivity contribution in [3.63, 3.8) is 0 Å². The summed E-state index contributed by atoms with van der Waals surface area (Å²) in [7, 11) is 0. The molecule has 0 aromatic heterocycles. The van der Waals surface area contributed by atoms with Crippen LogP contribution in [0.2, 0.25) is 5.02 Å². The highest BCUT2D eigenvalue weighted by atomic mass is 35.5. The fourth-order valence-corrected chi connectivity index (χ4v) is 1.15. The summed E-state index contributed by atoms with van der Waals surface area (Å²) in [5.74, 6) is 0. The molecule has 0 heterocycles. The summed E-state index contributed by atoms with van der Waals surface area (Å²) >= 11 is 5.73. The molecule has 0 bridgehead atoms. The Morgan fingerprint density at radius 2 is 1.91 bits per heavy atom. The van der Waals surface area contributed by atoms with E-state index in [0.29, 0.717) is 6.04 Å². The minimum atomic E-state index is 0.469. The Labute approximate surface area is 72.2 Å². The summed E-state index contributed by atoms with van der Waals surface area (Å²) in [6.07, 6.45) is 1.02. The van der Waals surface area contributed by atoms with E-state index in [1.54, 1.807) is 0 Å². The second-order valence-corrected chi connectivity index (χ2v) is 3.37. The molecule has 0 aliphatic rings. The van der Waals surface area contributed by atoms with Crippen LogP contribution in [0.4, 0.5) is 0 Å². The molecule has 60 valence electrons. The first-order valence-corrected chi connectivity index (χ1v) is 4.14. The molecule has 2 heteroatoms. The maximum Gasteiger partial charge on any atom is 0.0855 e. The van der Waals surface area contributed by atoms with E-state index in [1.165, 1.54) is 5.56 Å². The third kappa shape index (κ3) is 2.91. The van der Waals surface area contributed by atoms with Crippen LogP contribution in [-0.2, 0) is 6.42 Å². The van der Waals surface area contributed by atoms with Crippen LogP contribution in [0.25, 0.3) is 0 Å². The normalized spacial score (nSPS) is 13.0. The first-order chi connectivity index (χ1) is 5.18. The summed E-state index contributed by atoms with van der Waals surface area (Å²) in [6.45, 7) is 2.11. The fraction of sp³-hybridized carbons (Fsp3) is 0.333. The maximum absolute atomic E-state index is 5.73. The molecule has 1 aromatic rings. The Bertz CT molecular complexity index is 216. The Hall–Kier alpha value is -0.530. The highest BCUT2D eigenvalue weighted by molar-refractivity contribution is 6.30. The lowest BCUT2D eigenvalue weighted by Gasteiger charge is -2.01. The lowest BCUT2D eigenvalue weighted by Crippen LogP contribution is -2.60. The molecule has 0 aliphatic heterocycles. The number of halogens is 1. The summed E-state index contributed by atoms with van der Waals surface area (Å²) in [4.78, 5) is 0. The van der Waals surface area contributed by atoms with Crippen LogP contribution < -0.4 is 5.73 Å². The minimum Gasteiger partial charge on any atom is -0.355 e. The van der Waals surface area contributed by atoms with Crippen molar-refractivity contribution in [2.75, 3.05) is 0 Å². The van der Waals surface area contributed by atoms with Crippen LogP contribution >= 0.6 is 11.6 Å². The third-order valence-corrected chi connectivity index (χ3v) is 1.75. The van der Waals surface area contributed by atoms with Gasteiger partial charge in [0, 0.05) is 11.4 Å². The molecule has 3 N–H and O–H groups in total. The Balaban J connectivity index is 2.66. The summed E-state index contributed by atoms with van der Waals surface area (Å²) in [5, 5.41) is 0.797. The largest absolute Gasteiger partial charge is 0.355 e. The summed E-state index contributed by atoms with van der Waals surface area (Å²) in [6, 6.07) is 8.39. The van der Waals surface area contributed by atoms with Crippen LogP contribution in [0.15, 0.2) is 24.3 Å². The quantitative estimate of drug-likeness (QED) is 0.697. The van der Waals surface area contributed by atoms with Crippen molar-refractivity contribution in [2.24, 2.45) is 0 Å². The van der Waals surface area contributed by atoms with Gasteiger partial charge in [0.15, 0.2) is 0 Å². The van der Waals surface area contributed by atoms with E-state index < -0.39 is 0 Å². The Morgan fingerprint density at radius 1 is 1.36 bits per heavy atom. The van der Waals surface area contributed by atoms with Gasteiger partial charge in [-0.25, -0.2) is 0 Å². The smallest absolute Gasteiger partial charge is 0.0855 e. The fourth-order valence-electron chi connectivity index (χ4n) is 1.02. The van der Waals surface area contributed by atoms with E-state index in [-0.39, 0.29) is 0 Å². The zero-order chi connectivity index (χ0) is 8.27. The highest BCUT2D eigenvalue weighted by Crippen LogP contribution is 2.09. The molecule has 11 heavy (non-hydrogen) atoms. The number of hydrogen-bond donors (Lipinski definition) is 1. The molecule has 0 aliphatic carbocycles.